The molecule has 5 atom stereocenters. The first-order valence-corrected chi connectivity index (χ1v) is 42.1. The van der Waals surface area contributed by atoms with Crippen LogP contribution in [0.1, 0.15) is 394 Å². The first kappa shape index (κ1) is 92.1. The minimum atomic E-state index is -4.95. The average molecular weight is 1380 g/mol. The smallest absolute Gasteiger partial charge is 0.462 e. The molecule has 94 heavy (non-hydrogen) atoms. The third-order valence-electron chi connectivity index (χ3n) is 17.5. The van der Waals surface area contributed by atoms with Gasteiger partial charge in [0.15, 0.2) is 12.2 Å². The van der Waals surface area contributed by atoms with Crippen molar-refractivity contribution in [2.45, 2.75) is 412 Å². The zero-order valence-electron chi connectivity index (χ0n) is 61.1. The Labute approximate surface area is 575 Å². The van der Waals surface area contributed by atoms with Crippen LogP contribution in [-0.2, 0) is 65.4 Å². The van der Waals surface area contributed by atoms with Crippen LogP contribution in [0, 0.1) is 5.92 Å². The molecule has 0 bridgehead atoms. The monoisotopic (exact) mass is 1380 g/mol. The molecule has 2 unspecified atom stereocenters. The van der Waals surface area contributed by atoms with Crippen LogP contribution in [0.25, 0.3) is 0 Å². The quantitative estimate of drug-likeness (QED) is 0.0222. The first-order chi connectivity index (χ1) is 45.5. The number of esters is 4. The number of ether oxygens (including phenoxy) is 4. The Balaban J connectivity index is 5.14. The highest BCUT2D eigenvalue weighted by Crippen LogP contribution is 2.45. The van der Waals surface area contributed by atoms with E-state index in [-0.39, 0.29) is 25.7 Å². The second-order valence-corrected chi connectivity index (χ2v) is 30.4. The van der Waals surface area contributed by atoms with Crippen LogP contribution in [-0.4, -0.2) is 96.7 Å². The van der Waals surface area contributed by atoms with E-state index in [2.05, 4.69) is 34.6 Å². The normalized spacial score (nSPS) is 14.0. The van der Waals surface area contributed by atoms with E-state index < -0.39 is 97.5 Å². The fourth-order valence-electron chi connectivity index (χ4n) is 11.5. The summed E-state index contributed by atoms with van der Waals surface area (Å²) in [5.74, 6) is -1.31. The number of hydrogen-bond acceptors (Lipinski definition) is 15. The second-order valence-electron chi connectivity index (χ2n) is 27.5. The molecule has 0 aromatic heterocycles. The Bertz CT molecular complexity index is 1810. The van der Waals surface area contributed by atoms with Crippen LogP contribution in [0.4, 0.5) is 0 Å². The maximum Gasteiger partial charge on any atom is 0.472 e. The molecule has 0 aliphatic carbocycles. The molecule has 0 amide bonds. The van der Waals surface area contributed by atoms with Gasteiger partial charge in [0.1, 0.15) is 19.3 Å². The summed E-state index contributed by atoms with van der Waals surface area (Å²) in [4.78, 5) is 72.5. The maximum absolute atomic E-state index is 13.1. The predicted molar refractivity (Wildman–Crippen MR) is 382 cm³/mol. The van der Waals surface area contributed by atoms with E-state index in [1.165, 1.54) is 205 Å². The van der Waals surface area contributed by atoms with Crippen LogP contribution < -0.4 is 0 Å². The molecular weight excluding hydrogens is 1230 g/mol. The summed E-state index contributed by atoms with van der Waals surface area (Å²) in [6, 6.07) is 0. The van der Waals surface area contributed by atoms with Crippen molar-refractivity contribution in [3.05, 3.63) is 0 Å². The average Bonchev–Trinajstić information content (AvgIpc) is 2.23. The molecule has 0 radical (unpaired) electrons. The van der Waals surface area contributed by atoms with E-state index in [1.807, 2.05) is 0 Å². The number of hydrogen-bond donors (Lipinski definition) is 3. The molecule has 0 aliphatic heterocycles. The Morgan fingerprint density at radius 1 is 0.287 bits per heavy atom. The van der Waals surface area contributed by atoms with Gasteiger partial charge in [-0.2, -0.15) is 0 Å². The van der Waals surface area contributed by atoms with Gasteiger partial charge in [-0.3, -0.25) is 37.3 Å². The summed E-state index contributed by atoms with van der Waals surface area (Å²) < 4.78 is 68.3. The third-order valence-corrected chi connectivity index (χ3v) is 19.4. The van der Waals surface area contributed by atoms with Crippen molar-refractivity contribution in [1.29, 1.82) is 0 Å². The van der Waals surface area contributed by atoms with E-state index >= 15 is 0 Å². The molecule has 19 heteroatoms. The second kappa shape index (κ2) is 68.2. The lowest BCUT2D eigenvalue weighted by molar-refractivity contribution is -0.161. The van der Waals surface area contributed by atoms with Crippen molar-refractivity contribution >= 4 is 39.5 Å². The zero-order chi connectivity index (χ0) is 69.1. The Morgan fingerprint density at radius 3 is 0.723 bits per heavy atom. The topological polar surface area (TPSA) is 237 Å². The van der Waals surface area contributed by atoms with Gasteiger partial charge in [0, 0.05) is 25.7 Å². The molecule has 3 N–H and O–H groups in total. The Morgan fingerprint density at radius 2 is 0.489 bits per heavy atom. The van der Waals surface area contributed by atoms with Gasteiger partial charge in [0.05, 0.1) is 26.4 Å². The Hall–Kier alpha value is -1.94. The fraction of sp³-hybridized carbons (Fsp3) is 0.947. The summed E-state index contributed by atoms with van der Waals surface area (Å²) >= 11 is 0. The van der Waals surface area contributed by atoms with Crippen molar-refractivity contribution < 1.29 is 80.2 Å². The highest BCUT2D eigenvalue weighted by atomic mass is 31.2. The zero-order valence-corrected chi connectivity index (χ0v) is 62.9. The Kier molecular flexibility index (Phi) is 66.8. The number of unbranched alkanes of at least 4 members (excludes halogenated alkanes) is 47. The lowest BCUT2D eigenvalue weighted by atomic mass is 10.0. The van der Waals surface area contributed by atoms with Crippen LogP contribution >= 0.6 is 15.6 Å². The van der Waals surface area contributed by atoms with Crippen LogP contribution in [0.3, 0.4) is 0 Å². The van der Waals surface area contributed by atoms with Gasteiger partial charge in [-0.1, -0.05) is 343 Å². The van der Waals surface area contributed by atoms with Crippen LogP contribution in [0.2, 0.25) is 0 Å². The number of aliphatic hydroxyl groups is 1. The van der Waals surface area contributed by atoms with Crippen molar-refractivity contribution in [3.8, 4) is 0 Å². The standard InChI is InChI=1S/C75H146O17P2/c1-6-9-12-15-18-20-21-22-23-24-25-26-30-33-36-40-44-49-54-59-73(78)86-65-71(92-75(80)61-56-51-46-41-37-34-31-28-27-29-32-35-39-43-47-52-57-68(4)5)67-90-94(83,84)88-63-69(76)62-87-93(81,82)89-66-70(64-85-72(77)58-53-48-42-17-14-11-8-3)91-74(79)60-55-50-45-38-19-16-13-10-7-2/h68-71,76H,6-67H2,1-5H3,(H,81,82)(H,83,84)/t69-,70+,71+/m0/s1. The molecule has 558 valence electrons. The van der Waals surface area contributed by atoms with Gasteiger partial charge in [-0.05, 0) is 31.6 Å². The number of carbonyl (C=O) groups is 4. The summed E-state index contributed by atoms with van der Waals surface area (Å²) in [6.45, 7) is 7.25. The van der Waals surface area contributed by atoms with Crippen LogP contribution in [0.15, 0.2) is 0 Å². The van der Waals surface area contributed by atoms with Gasteiger partial charge in [-0.25, -0.2) is 9.13 Å². The minimum absolute atomic E-state index is 0.106. The molecule has 17 nitrogen and oxygen atoms in total. The summed E-state index contributed by atoms with van der Waals surface area (Å²) in [5.41, 5.74) is 0. The number of carbonyl (C=O) groups excluding carboxylic acids is 4. The number of aliphatic hydroxyl groups excluding tert-OH is 1. The largest absolute Gasteiger partial charge is 0.472 e. The molecule has 0 saturated carbocycles. The van der Waals surface area contributed by atoms with Gasteiger partial charge in [-0.15, -0.1) is 0 Å². The highest BCUT2D eigenvalue weighted by Gasteiger charge is 2.30. The third kappa shape index (κ3) is 68.6. The van der Waals surface area contributed by atoms with Gasteiger partial charge < -0.3 is 33.8 Å². The molecule has 0 aliphatic rings. The lowest BCUT2D eigenvalue weighted by Crippen LogP contribution is -2.30. The molecule has 0 aromatic carbocycles. The van der Waals surface area contributed by atoms with Gasteiger partial charge >= 0.3 is 39.5 Å². The molecular formula is C75H146O17P2. The van der Waals surface area contributed by atoms with Gasteiger partial charge in [0.2, 0.25) is 0 Å². The minimum Gasteiger partial charge on any atom is -0.462 e. The molecule has 0 spiro atoms. The van der Waals surface area contributed by atoms with E-state index in [0.29, 0.717) is 25.7 Å². The molecule has 0 aromatic rings. The number of phosphoric acid groups is 2. The summed E-state index contributed by atoms with van der Waals surface area (Å²) in [6.07, 6.45) is 57.2. The van der Waals surface area contributed by atoms with Crippen molar-refractivity contribution in [2.75, 3.05) is 39.6 Å². The summed E-state index contributed by atoms with van der Waals surface area (Å²) in [7, 11) is -9.90. The van der Waals surface area contributed by atoms with E-state index in [1.54, 1.807) is 0 Å². The van der Waals surface area contributed by atoms with E-state index in [4.69, 9.17) is 37.0 Å². The van der Waals surface area contributed by atoms with Gasteiger partial charge in [0.25, 0.3) is 0 Å². The van der Waals surface area contributed by atoms with Crippen LogP contribution in [0.5, 0.6) is 0 Å². The maximum atomic E-state index is 13.1. The van der Waals surface area contributed by atoms with E-state index in [0.717, 1.165) is 109 Å². The molecule has 0 fully saturated rings. The lowest BCUT2D eigenvalue weighted by Gasteiger charge is -2.21. The molecule has 0 saturated heterocycles. The van der Waals surface area contributed by atoms with E-state index in [9.17, 15) is 43.2 Å². The number of rotatable bonds is 75. The highest BCUT2D eigenvalue weighted by molar-refractivity contribution is 7.47. The molecule has 0 heterocycles. The van der Waals surface area contributed by atoms with Crippen molar-refractivity contribution in [2.24, 2.45) is 5.92 Å². The van der Waals surface area contributed by atoms with Crippen molar-refractivity contribution in [3.63, 3.8) is 0 Å². The van der Waals surface area contributed by atoms with Crippen molar-refractivity contribution in [1.82, 2.24) is 0 Å². The first-order valence-electron chi connectivity index (χ1n) is 39.1. The fourth-order valence-corrected chi connectivity index (χ4v) is 13.1. The summed E-state index contributed by atoms with van der Waals surface area (Å²) in [5, 5.41) is 10.6. The number of phosphoric ester groups is 2. The SMILES string of the molecule is CCCCCCCCCCCCCCCCCCCCCC(=O)OC[C@H](COP(=O)(O)OC[C@@H](O)COP(=O)(O)OC[C@@H](COC(=O)CCCCCCCCC)OC(=O)CCCCCCCCCCC)OC(=O)CCCCCCCCCCCCCCCCCCC(C)C. The molecule has 0 rings (SSSR count). The predicted octanol–water partition coefficient (Wildman–Crippen LogP) is 22.1.